The lowest BCUT2D eigenvalue weighted by Crippen LogP contribution is -2.48. The van der Waals surface area contributed by atoms with Gasteiger partial charge in [-0.2, -0.15) is 0 Å². The minimum absolute atomic E-state index is 0.0227. The fourth-order valence-corrected chi connectivity index (χ4v) is 3.61. The van der Waals surface area contributed by atoms with Crippen molar-refractivity contribution in [3.8, 4) is 0 Å². The van der Waals surface area contributed by atoms with Gasteiger partial charge in [-0.25, -0.2) is 4.39 Å². The second-order valence-corrected chi connectivity index (χ2v) is 7.51. The van der Waals surface area contributed by atoms with Gasteiger partial charge >= 0.3 is 0 Å². The van der Waals surface area contributed by atoms with Crippen molar-refractivity contribution in [3.63, 3.8) is 0 Å². The largest absolute Gasteiger partial charge is 0.342 e. The first kappa shape index (κ1) is 21.4. The molecule has 6 heteroatoms. The van der Waals surface area contributed by atoms with Crippen LogP contribution < -0.4 is 0 Å². The maximum atomic E-state index is 13.2. The van der Waals surface area contributed by atoms with Gasteiger partial charge in [-0.1, -0.05) is 26.0 Å². The monoisotopic (exact) mass is 377 g/mol. The molecule has 1 aliphatic rings. The number of hydrogen-bond acceptors (Lipinski definition) is 3. The van der Waals surface area contributed by atoms with Crippen molar-refractivity contribution in [2.75, 3.05) is 32.7 Å². The van der Waals surface area contributed by atoms with Gasteiger partial charge in [0.05, 0.1) is 6.54 Å². The molecule has 1 atom stereocenters. The lowest BCUT2D eigenvalue weighted by molar-refractivity contribution is -0.134. The quantitative estimate of drug-likeness (QED) is 0.734. The SMILES string of the molecule is CCN(CC)C(=O)CN1CCC(=O)N(Cc2ccc(F)cc2)[C@H](C(C)C)C1. The summed E-state index contributed by atoms with van der Waals surface area (Å²) in [5, 5.41) is 0. The first-order valence-electron chi connectivity index (χ1n) is 9.89. The molecule has 1 aromatic carbocycles. The minimum Gasteiger partial charge on any atom is -0.342 e. The van der Waals surface area contributed by atoms with Crippen molar-refractivity contribution in [1.82, 2.24) is 14.7 Å². The van der Waals surface area contributed by atoms with Crippen LogP contribution in [-0.4, -0.2) is 65.3 Å². The van der Waals surface area contributed by atoms with Gasteiger partial charge < -0.3 is 9.80 Å². The number of carbonyl (C=O) groups excluding carboxylic acids is 2. The molecule has 150 valence electrons. The smallest absolute Gasteiger partial charge is 0.236 e. The highest BCUT2D eigenvalue weighted by Gasteiger charge is 2.32. The molecule has 0 aliphatic carbocycles. The number of likely N-dealkylation sites (N-methyl/N-ethyl adjacent to an activating group) is 1. The van der Waals surface area contributed by atoms with E-state index in [0.29, 0.717) is 45.7 Å². The summed E-state index contributed by atoms with van der Waals surface area (Å²) in [6, 6.07) is 6.34. The summed E-state index contributed by atoms with van der Waals surface area (Å²) in [6.07, 6.45) is 0.399. The number of nitrogens with zero attached hydrogens (tertiary/aromatic N) is 3. The Balaban J connectivity index is 2.13. The number of hydrogen-bond donors (Lipinski definition) is 0. The van der Waals surface area contributed by atoms with E-state index in [1.807, 2.05) is 23.6 Å². The topological polar surface area (TPSA) is 43.9 Å². The summed E-state index contributed by atoms with van der Waals surface area (Å²) >= 11 is 0. The van der Waals surface area contributed by atoms with Crippen LogP contribution in [0.1, 0.15) is 39.7 Å². The Hall–Kier alpha value is -1.95. The molecule has 5 nitrogen and oxygen atoms in total. The Bertz CT molecular complexity index is 629. The highest BCUT2D eigenvalue weighted by Crippen LogP contribution is 2.21. The van der Waals surface area contributed by atoms with Crippen LogP contribution in [0.25, 0.3) is 0 Å². The average molecular weight is 378 g/mol. The Labute approximate surface area is 162 Å². The molecule has 1 heterocycles. The number of benzene rings is 1. The van der Waals surface area contributed by atoms with E-state index in [-0.39, 0.29) is 29.6 Å². The van der Waals surface area contributed by atoms with Gasteiger partial charge in [0.1, 0.15) is 5.82 Å². The van der Waals surface area contributed by atoms with Crippen LogP contribution in [0.3, 0.4) is 0 Å². The van der Waals surface area contributed by atoms with Crippen molar-refractivity contribution in [2.24, 2.45) is 5.92 Å². The zero-order valence-corrected chi connectivity index (χ0v) is 16.9. The van der Waals surface area contributed by atoms with Crippen molar-refractivity contribution >= 4 is 11.8 Å². The van der Waals surface area contributed by atoms with Crippen molar-refractivity contribution < 1.29 is 14.0 Å². The normalized spacial score (nSPS) is 18.7. The van der Waals surface area contributed by atoms with E-state index in [0.717, 1.165) is 5.56 Å². The minimum atomic E-state index is -0.276. The summed E-state index contributed by atoms with van der Waals surface area (Å²) < 4.78 is 13.2. The molecular formula is C21H32FN3O2. The highest BCUT2D eigenvalue weighted by atomic mass is 19.1. The standard InChI is InChI=1S/C21H32FN3O2/c1-5-24(6-2)21(27)15-23-12-11-20(26)25(19(14-23)16(3)4)13-17-7-9-18(22)10-8-17/h7-10,16,19H,5-6,11-15H2,1-4H3/t19-/m0/s1. The van der Waals surface area contributed by atoms with E-state index in [4.69, 9.17) is 0 Å². The lowest BCUT2D eigenvalue weighted by Gasteiger charge is -2.35. The molecular weight excluding hydrogens is 345 g/mol. The molecule has 1 fully saturated rings. The zero-order valence-electron chi connectivity index (χ0n) is 16.9. The van der Waals surface area contributed by atoms with E-state index < -0.39 is 0 Å². The maximum Gasteiger partial charge on any atom is 0.236 e. The van der Waals surface area contributed by atoms with Crippen LogP contribution in [0.5, 0.6) is 0 Å². The van der Waals surface area contributed by atoms with E-state index in [1.165, 1.54) is 12.1 Å². The first-order valence-corrected chi connectivity index (χ1v) is 9.89. The second kappa shape index (κ2) is 9.83. The molecule has 0 aromatic heterocycles. The molecule has 0 bridgehead atoms. The molecule has 0 saturated carbocycles. The second-order valence-electron chi connectivity index (χ2n) is 7.51. The number of halogens is 1. The third-order valence-corrected chi connectivity index (χ3v) is 5.32. The van der Waals surface area contributed by atoms with Crippen molar-refractivity contribution in [2.45, 2.75) is 46.7 Å². The number of amides is 2. The molecule has 1 saturated heterocycles. The molecule has 0 N–H and O–H groups in total. The zero-order chi connectivity index (χ0) is 20.0. The molecule has 2 rings (SSSR count). The van der Waals surface area contributed by atoms with Gasteiger partial charge in [0.15, 0.2) is 0 Å². The van der Waals surface area contributed by atoms with E-state index >= 15 is 0 Å². The predicted octanol–water partition coefficient (Wildman–Crippen LogP) is 2.75. The van der Waals surface area contributed by atoms with Crippen LogP contribution in [0.15, 0.2) is 24.3 Å². The summed E-state index contributed by atoms with van der Waals surface area (Å²) in [7, 11) is 0. The highest BCUT2D eigenvalue weighted by molar-refractivity contribution is 5.79. The number of carbonyl (C=O) groups is 2. The fraction of sp³-hybridized carbons (Fsp3) is 0.619. The Kier molecular flexibility index (Phi) is 7.78. The molecule has 27 heavy (non-hydrogen) atoms. The fourth-order valence-electron chi connectivity index (χ4n) is 3.61. The lowest BCUT2D eigenvalue weighted by atomic mass is 10.0. The Morgan fingerprint density at radius 1 is 1.22 bits per heavy atom. The van der Waals surface area contributed by atoms with Crippen LogP contribution in [0, 0.1) is 11.7 Å². The van der Waals surface area contributed by atoms with Gasteiger partial charge in [-0.15, -0.1) is 0 Å². The molecule has 2 amide bonds. The van der Waals surface area contributed by atoms with Crippen LogP contribution in [0.2, 0.25) is 0 Å². The van der Waals surface area contributed by atoms with Crippen LogP contribution in [0.4, 0.5) is 4.39 Å². The maximum absolute atomic E-state index is 13.2. The average Bonchev–Trinajstić information content (AvgIpc) is 2.78. The van der Waals surface area contributed by atoms with Gasteiger partial charge in [0.25, 0.3) is 0 Å². The Morgan fingerprint density at radius 2 is 1.85 bits per heavy atom. The molecule has 0 spiro atoms. The third-order valence-electron chi connectivity index (χ3n) is 5.32. The summed E-state index contributed by atoms with van der Waals surface area (Å²) in [5.41, 5.74) is 0.920. The van der Waals surface area contributed by atoms with Crippen molar-refractivity contribution in [1.29, 1.82) is 0 Å². The summed E-state index contributed by atoms with van der Waals surface area (Å²) in [6.45, 7) is 11.7. The van der Waals surface area contributed by atoms with Gasteiger partial charge in [0.2, 0.25) is 11.8 Å². The third kappa shape index (κ3) is 5.76. The van der Waals surface area contributed by atoms with Gasteiger partial charge in [0, 0.05) is 45.2 Å². The van der Waals surface area contributed by atoms with Crippen LogP contribution >= 0.6 is 0 Å². The summed E-state index contributed by atoms with van der Waals surface area (Å²) in [4.78, 5) is 31.1. The van der Waals surface area contributed by atoms with Crippen molar-refractivity contribution in [3.05, 3.63) is 35.6 Å². The molecule has 1 aromatic rings. The first-order chi connectivity index (χ1) is 12.8. The van der Waals surface area contributed by atoms with E-state index in [2.05, 4.69) is 18.7 Å². The molecule has 1 aliphatic heterocycles. The molecule has 0 radical (unpaired) electrons. The van der Waals surface area contributed by atoms with E-state index in [1.54, 1.807) is 12.1 Å². The summed E-state index contributed by atoms with van der Waals surface area (Å²) in [5.74, 6) is 0.193. The van der Waals surface area contributed by atoms with E-state index in [9.17, 15) is 14.0 Å². The van der Waals surface area contributed by atoms with Gasteiger partial charge in [-0.05, 0) is 37.5 Å². The Morgan fingerprint density at radius 3 is 2.41 bits per heavy atom. The van der Waals surface area contributed by atoms with Crippen LogP contribution in [-0.2, 0) is 16.1 Å². The molecule has 0 unspecified atom stereocenters. The number of rotatable bonds is 7. The van der Waals surface area contributed by atoms with Gasteiger partial charge in [-0.3, -0.25) is 14.5 Å². The predicted molar refractivity (Wildman–Crippen MR) is 105 cm³/mol.